The van der Waals surface area contributed by atoms with Crippen LogP contribution in [0.15, 0.2) is 60.7 Å². The van der Waals surface area contributed by atoms with Gasteiger partial charge in [-0.05, 0) is 73.6 Å². The average Bonchev–Trinajstić information content (AvgIpc) is 3.48. The molecule has 0 radical (unpaired) electrons. The highest BCUT2D eigenvalue weighted by atomic mass is 16.8. The van der Waals surface area contributed by atoms with E-state index >= 15 is 0 Å². The van der Waals surface area contributed by atoms with Gasteiger partial charge in [-0.3, -0.25) is 19.3 Å². The monoisotopic (exact) mass is 544 g/mol. The van der Waals surface area contributed by atoms with Gasteiger partial charge < -0.3 is 0 Å². The highest BCUT2D eigenvalue weighted by Crippen LogP contribution is 2.59. The molecule has 2 spiro atoms. The zero-order chi connectivity index (χ0) is 28.4. The van der Waals surface area contributed by atoms with E-state index in [1.165, 1.54) is 0 Å². The van der Waals surface area contributed by atoms with E-state index in [0.717, 1.165) is 37.1 Å². The Kier molecular flexibility index (Phi) is 6.86. The van der Waals surface area contributed by atoms with Crippen LogP contribution in [-0.2, 0) is 19.3 Å². The van der Waals surface area contributed by atoms with E-state index in [1.54, 1.807) is 0 Å². The molecule has 0 N–H and O–H groups in total. The number of hydroxylamine groups is 2. The maximum Gasteiger partial charge on any atom is 0.182 e. The van der Waals surface area contributed by atoms with Crippen LogP contribution in [0.25, 0.3) is 0 Å². The first kappa shape index (κ1) is 27.5. The van der Waals surface area contributed by atoms with E-state index < -0.39 is 23.3 Å². The Morgan fingerprint density at radius 2 is 0.975 bits per heavy atom. The largest absolute Gasteiger partial charge is 0.296 e. The van der Waals surface area contributed by atoms with Crippen molar-refractivity contribution in [2.75, 3.05) is 10.1 Å². The summed E-state index contributed by atoms with van der Waals surface area (Å²) in [6, 6.07) is 19.0. The summed E-state index contributed by atoms with van der Waals surface area (Å²) in [4.78, 5) is 43.8. The van der Waals surface area contributed by atoms with Crippen LogP contribution >= 0.6 is 0 Å². The summed E-state index contributed by atoms with van der Waals surface area (Å²) in [5.41, 5.74) is -0.577. The minimum atomic E-state index is -1.14. The second-order valence-electron chi connectivity index (χ2n) is 13.4. The Labute approximate surface area is 238 Å². The topological polar surface area (TPSA) is 59.1 Å². The van der Waals surface area contributed by atoms with Gasteiger partial charge in [0.25, 0.3) is 0 Å². The smallest absolute Gasteiger partial charge is 0.182 e. The van der Waals surface area contributed by atoms with Crippen molar-refractivity contribution in [3.63, 3.8) is 0 Å². The molecule has 4 fully saturated rings. The van der Waals surface area contributed by atoms with Crippen molar-refractivity contribution in [2.45, 2.75) is 90.5 Å². The number of fused-ring (bicyclic) bond motifs is 3. The molecule has 2 aromatic rings. The standard InChI is InChI=1S/C34H44N2O4/c1-21(2)27-19-17-23(5)33(31(27)37)29-30(36(39-33)26-15-11-8-12-16-26)34(40-35(29)25-13-9-7-10-14-25)24(6)18-20-28(22(3)4)32(34)38/h7-16,21-24,27-30H,17-20H2,1-6H3/t23-,24-,27-,28-,29-,30-,33-,34-/m1/s1. The van der Waals surface area contributed by atoms with Gasteiger partial charge in [-0.1, -0.05) is 77.9 Å². The molecule has 0 amide bonds. The van der Waals surface area contributed by atoms with Crippen LogP contribution in [0.3, 0.4) is 0 Å². The number of carbonyl (C=O) groups excluding carboxylic acids is 2. The van der Waals surface area contributed by atoms with Crippen molar-refractivity contribution >= 4 is 22.9 Å². The van der Waals surface area contributed by atoms with Crippen LogP contribution < -0.4 is 10.1 Å². The number of carbonyl (C=O) groups is 2. The van der Waals surface area contributed by atoms with E-state index in [1.807, 2.05) is 70.8 Å². The van der Waals surface area contributed by atoms with Gasteiger partial charge in [-0.15, -0.1) is 0 Å². The first-order valence-corrected chi connectivity index (χ1v) is 15.3. The lowest BCUT2D eigenvalue weighted by molar-refractivity contribution is -0.175. The average molecular weight is 545 g/mol. The van der Waals surface area contributed by atoms with Crippen LogP contribution in [0.1, 0.15) is 67.2 Å². The maximum absolute atomic E-state index is 14.8. The molecule has 0 aromatic heterocycles. The summed E-state index contributed by atoms with van der Waals surface area (Å²) in [7, 11) is 0. The van der Waals surface area contributed by atoms with Gasteiger partial charge in [-0.25, -0.2) is 10.1 Å². The normalized spacial score (nSPS) is 37.8. The molecule has 2 aromatic carbocycles. The molecule has 6 nitrogen and oxygen atoms in total. The molecular weight excluding hydrogens is 500 g/mol. The molecule has 8 atom stereocenters. The molecule has 6 rings (SSSR count). The van der Waals surface area contributed by atoms with Crippen LogP contribution in [0.4, 0.5) is 11.4 Å². The van der Waals surface area contributed by atoms with Gasteiger partial charge in [0.05, 0.1) is 11.4 Å². The number of Topliss-reactive ketones (excluding diaryl/α,β-unsaturated/α-hetero) is 2. The van der Waals surface area contributed by atoms with Crippen molar-refractivity contribution < 1.29 is 19.3 Å². The second-order valence-corrected chi connectivity index (χ2v) is 13.4. The highest BCUT2D eigenvalue weighted by Gasteiger charge is 2.78. The summed E-state index contributed by atoms with van der Waals surface area (Å²) in [6.45, 7) is 12.8. The highest BCUT2D eigenvalue weighted by molar-refractivity contribution is 5.97. The summed E-state index contributed by atoms with van der Waals surface area (Å²) >= 11 is 0. The number of hydrogen-bond acceptors (Lipinski definition) is 6. The Hall–Kier alpha value is -2.70. The molecule has 2 saturated carbocycles. The lowest BCUT2D eigenvalue weighted by Gasteiger charge is -2.47. The van der Waals surface area contributed by atoms with E-state index in [2.05, 4.69) is 41.5 Å². The molecule has 6 heteroatoms. The number of benzene rings is 2. The fourth-order valence-corrected chi connectivity index (χ4v) is 8.23. The van der Waals surface area contributed by atoms with Gasteiger partial charge >= 0.3 is 0 Å². The molecule has 2 aliphatic carbocycles. The first-order valence-electron chi connectivity index (χ1n) is 15.3. The van der Waals surface area contributed by atoms with Gasteiger partial charge in [0.15, 0.2) is 22.8 Å². The van der Waals surface area contributed by atoms with Crippen LogP contribution in [-0.4, -0.2) is 34.9 Å². The number of anilines is 2. The zero-order valence-electron chi connectivity index (χ0n) is 24.7. The van der Waals surface area contributed by atoms with E-state index in [4.69, 9.17) is 9.68 Å². The van der Waals surface area contributed by atoms with E-state index in [9.17, 15) is 9.59 Å². The number of hydrogen-bond donors (Lipinski definition) is 0. The van der Waals surface area contributed by atoms with Crippen molar-refractivity contribution in [3.8, 4) is 0 Å². The Balaban J connectivity index is 1.62. The third-order valence-electron chi connectivity index (χ3n) is 10.5. The van der Waals surface area contributed by atoms with Crippen LogP contribution in [0.5, 0.6) is 0 Å². The fraction of sp³-hybridized carbons (Fsp3) is 0.588. The third kappa shape index (κ3) is 3.75. The van der Waals surface area contributed by atoms with Crippen LogP contribution in [0, 0.1) is 35.5 Å². The van der Waals surface area contributed by atoms with Gasteiger partial charge in [0.2, 0.25) is 0 Å². The van der Waals surface area contributed by atoms with Crippen molar-refractivity contribution in [3.05, 3.63) is 60.7 Å². The van der Waals surface area contributed by atoms with Gasteiger partial charge in [0, 0.05) is 11.8 Å². The van der Waals surface area contributed by atoms with Crippen molar-refractivity contribution in [1.29, 1.82) is 0 Å². The third-order valence-corrected chi connectivity index (χ3v) is 10.5. The molecule has 214 valence electrons. The quantitative estimate of drug-likeness (QED) is 0.430. The number of ketones is 2. The summed E-state index contributed by atoms with van der Waals surface area (Å²) in [5.74, 6) is 0.389. The van der Waals surface area contributed by atoms with Gasteiger partial charge in [0.1, 0.15) is 12.1 Å². The first-order chi connectivity index (χ1) is 19.1. The summed E-state index contributed by atoms with van der Waals surface area (Å²) in [6.07, 6.45) is 3.48. The van der Waals surface area contributed by atoms with Crippen LogP contribution in [0.2, 0.25) is 0 Å². The molecule has 0 unspecified atom stereocenters. The lowest BCUT2D eigenvalue weighted by Crippen LogP contribution is -2.64. The predicted molar refractivity (Wildman–Crippen MR) is 157 cm³/mol. The minimum Gasteiger partial charge on any atom is -0.296 e. The molecule has 2 aliphatic heterocycles. The predicted octanol–water partition coefficient (Wildman–Crippen LogP) is 6.65. The minimum absolute atomic E-state index is 0.0453. The number of rotatable bonds is 4. The molecule has 0 bridgehead atoms. The SMILES string of the molecule is CC(C)[C@H]1CC[C@@H](C)[C@]2(ON(c3ccccc3)[C@@H]3[C@H]2N(c2ccccc2)O[C@@]32C(=O)[C@@H](C(C)C)CC[C@H]2C)C1=O. The Bertz CT molecular complexity index is 1150. The summed E-state index contributed by atoms with van der Waals surface area (Å²) < 4.78 is 0. The number of para-hydroxylation sites is 2. The zero-order valence-corrected chi connectivity index (χ0v) is 24.7. The Morgan fingerprint density at radius 1 is 0.625 bits per heavy atom. The fourth-order valence-electron chi connectivity index (χ4n) is 8.23. The number of nitrogens with zero attached hydrogens (tertiary/aromatic N) is 2. The van der Waals surface area contributed by atoms with Gasteiger partial charge in [-0.2, -0.15) is 0 Å². The molecular formula is C34H44N2O4. The Morgan fingerprint density at radius 3 is 1.30 bits per heavy atom. The summed E-state index contributed by atoms with van der Waals surface area (Å²) in [5, 5.41) is 3.84. The molecule has 2 heterocycles. The maximum atomic E-state index is 14.8. The molecule has 4 aliphatic rings. The van der Waals surface area contributed by atoms with E-state index in [0.29, 0.717) is 0 Å². The van der Waals surface area contributed by atoms with Crippen molar-refractivity contribution in [2.24, 2.45) is 35.5 Å². The lowest BCUT2D eigenvalue weighted by atomic mass is 9.59. The van der Waals surface area contributed by atoms with Crippen molar-refractivity contribution in [1.82, 2.24) is 0 Å². The molecule has 2 saturated heterocycles. The molecule has 40 heavy (non-hydrogen) atoms. The van der Waals surface area contributed by atoms with E-state index in [-0.39, 0.29) is 47.1 Å². The second kappa shape index (κ2) is 9.99.